The number of hydrogen-bond donors (Lipinski definition) is 1. The maximum absolute atomic E-state index is 14.0. The van der Waals surface area contributed by atoms with Crippen LogP contribution in [0.15, 0.2) is 86.8 Å². The third-order valence-corrected chi connectivity index (χ3v) is 6.12. The minimum absolute atomic E-state index is 0.134. The zero-order chi connectivity index (χ0) is 24.1. The number of amides is 1. The molecule has 0 aromatic heterocycles. The summed E-state index contributed by atoms with van der Waals surface area (Å²) in [7, 11) is 0. The van der Waals surface area contributed by atoms with Crippen LogP contribution in [0.25, 0.3) is 10.8 Å². The van der Waals surface area contributed by atoms with Gasteiger partial charge in [0.1, 0.15) is 18.2 Å². The van der Waals surface area contributed by atoms with Crippen molar-refractivity contribution in [2.24, 2.45) is 5.10 Å². The van der Waals surface area contributed by atoms with E-state index in [9.17, 15) is 9.18 Å². The van der Waals surface area contributed by atoms with E-state index in [1.54, 1.807) is 12.1 Å². The average molecular weight is 581 g/mol. The van der Waals surface area contributed by atoms with Gasteiger partial charge in [0.25, 0.3) is 5.91 Å². The van der Waals surface area contributed by atoms with Gasteiger partial charge in [-0.05, 0) is 90.2 Å². The number of nitrogens with one attached hydrogen (secondary N) is 1. The lowest BCUT2D eigenvalue weighted by atomic mass is 10.1. The number of ether oxygens (including phenoxy) is 1. The molecule has 0 aliphatic heterocycles. The standard InChI is InChI=1S/C26H16Br2FN3O2/c27-22-10-18(14-31-32-26(33)21-8-6-16(13-30)12-24(21)29)11-23(28)25(22)34-15-17-5-7-19-3-1-2-4-20(19)9-17/h1-12,14H,15H2,(H,32,33)/b31-14-. The summed E-state index contributed by atoms with van der Waals surface area (Å²) >= 11 is 7.02. The topological polar surface area (TPSA) is 74.5 Å². The van der Waals surface area contributed by atoms with Crippen LogP contribution in [0.3, 0.4) is 0 Å². The molecular formula is C26H16Br2FN3O2. The van der Waals surface area contributed by atoms with Crippen molar-refractivity contribution >= 4 is 54.8 Å². The minimum atomic E-state index is -0.787. The van der Waals surface area contributed by atoms with Crippen molar-refractivity contribution in [3.8, 4) is 11.8 Å². The van der Waals surface area contributed by atoms with Gasteiger partial charge in [-0.3, -0.25) is 4.79 Å². The van der Waals surface area contributed by atoms with Crippen molar-refractivity contribution in [1.82, 2.24) is 5.43 Å². The van der Waals surface area contributed by atoms with Crippen LogP contribution < -0.4 is 10.2 Å². The number of fused-ring (bicyclic) bond motifs is 1. The van der Waals surface area contributed by atoms with E-state index in [0.29, 0.717) is 26.9 Å². The van der Waals surface area contributed by atoms with E-state index in [4.69, 9.17) is 10.00 Å². The molecular weight excluding hydrogens is 565 g/mol. The van der Waals surface area contributed by atoms with Crippen molar-refractivity contribution in [2.45, 2.75) is 6.61 Å². The molecule has 168 valence electrons. The first-order chi connectivity index (χ1) is 16.4. The van der Waals surface area contributed by atoms with E-state index in [1.807, 2.05) is 24.3 Å². The summed E-state index contributed by atoms with van der Waals surface area (Å²) in [5, 5.41) is 15.0. The molecule has 8 heteroatoms. The zero-order valence-corrected chi connectivity index (χ0v) is 20.7. The average Bonchev–Trinajstić information content (AvgIpc) is 2.83. The second-order valence-corrected chi connectivity index (χ2v) is 9.00. The van der Waals surface area contributed by atoms with Crippen LogP contribution in [0, 0.1) is 17.1 Å². The van der Waals surface area contributed by atoms with Gasteiger partial charge in [-0.15, -0.1) is 0 Å². The highest BCUT2D eigenvalue weighted by atomic mass is 79.9. The molecule has 0 aliphatic rings. The molecule has 0 saturated carbocycles. The molecule has 0 aliphatic carbocycles. The second kappa shape index (κ2) is 10.6. The highest BCUT2D eigenvalue weighted by Gasteiger charge is 2.12. The van der Waals surface area contributed by atoms with Crippen LogP contribution in [0.1, 0.15) is 27.0 Å². The summed E-state index contributed by atoms with van der Waals surface area (Å²) in [6.45, 7) is 0.391. The first kappa shape index (κ1) is 23.6. The van der Waals surface area contributed by atoms with Crippen LogP contribution in [0.2, 0.25) is 0 Å². The molecule has 0 heterocycles. The molecule has 0 saturated heterocycles. The van der Waals surface area contributed by atoms with Gasteiger partial charge in [-0.2, -0.15) is 10.4 Å². The Morgan fingerprint density at radius 3 is 2.47 bits per heavy atom. The molecule has 0 unspecified atom stereocenters. The van der Waals surface area contributed by atoms with E-state index >= 15 is 0 Å². The van der Waals surface area contributed by atoms with Crippen LogP contribution in [0.5, 0.6) is 5.75 Å². The molecule has 0 atom stereocenters. The molecule has 4 rings (SSSR count). The molecule has 1 amide bonds. The Labute approximate surface area is 212 Å². The Bertz CT molecular complexity index is 1440. The van der Waals surface area contributed by atoms with Gasteiger partial charge in [0.2, 0.25) is 0 Å². The SMILES string of the molecule is N#Cc1ccc(C(=O)N/N=C\c2cc(Br)c(OCc3ccc4ccccc4c3)c(Br)c2)c(F)c1. The van der Waals surface area contributed by atoms with Crippen molar-refractivity contribution in [3.63, 3.8) is 0 Å². The van der Waals surface area contributed by atoms with Crippen molar-refractivity contribution < 1.29 is 13.9 Å². The summed E-state index contributed by atoms with van der Waals surface area (Å²) < 4.78 is 21.4. The first-order valence-electron chi connectivity index (χ1n) is 10.1. The number of carbonyl (C=O) groups is 1. The summed E-state index contributed by atoms with van der Waals surface area (Å²) in [4.78, 5) is 12.2. The number of hydrogen-bond acceptors (Lipinski definition) is 4. The summed E-state index contributed by atoms with van der Waals surface area (Å²) in [6.07, 6.45) is 1.43. The molecule has 0 fully saturated rings. The van der Waals surface area contributed by atoms with Gasteiger partial charge in [-0.25, -0.2) is 9.82 Å². The van der Waals surface area contributed by atoms with Crippen LogP contribution in [-0.4, -0.2) is 12.1 Å². The van der Waals surface area contributed by atoms with Crippen molar-refractivity contribution in [3.05, 3.63) is 110 Å². The van der Waals surface area contributed by atoms with Crippen LogP contribution in [-0.2, 0) is 6.61 Å². The predicted molar refractivity (Wildman–Crippen MR) is 136 cm³/mol. The van der Waals surface area contributed by atoms with Crippen LogP contribution in [0.4, 0.5) is 4.39 Å². The lowest BCUT2D eigenvalue weighted by molar-refractivity contribution is 0.0951. The lowest BCUT2D eigenvalue weighted by Crippen LogP contribution is -2.19. The molecule has 4 aromatic rings. The maximum Gasteiger partial charge on any atom is 0.274 e. The third kappa shape index (κ3) is 5.50. The Hall–Kier alpha value is -3.54. The zero-order valence-electron chi connectivity index (χ0n) is 17.6. The number of carbonyl (C=O) groups excluding carboxylic acids is 1. The van der Waals surface area contributed by atoms with Crippen molar-refractivity contribution in [1.29, 1.82) is 5.26 Å². The Balaban J connectivity index is 1.42. The fourth-order valence-corrected chi connectivity index (χ4v) is 4.72. The molecule has 0 spiro atoms. The molecule has 34 heavy (non-hydrogen) atoms. The molecule has 4 aromatic carbocycles. The van der Waals surface area contributed by atoms with E-state index < -0.39 is 11.7 Å². The fraction of sp³-hybridized carbons (Fsp3) is 0.0385. The van der Waals surface area contributed by atoms with E-state index in [2.05, 4.69) is 66.7 Å². The Morgan fingerprint density at radius 1 is 1.03 bits per heavy atom. The monoisotopic (exact) mass is 579 g/mol. The molecule has 5 nitrogen and oxygen atoms in total. The van der Waals surface area contributed by atoms with E-state index in [0.717, 1.165) is 17.0 Å². The first-order valence-corrected chi connectivity index (χ1v) is 11.7. The largest absolute Gasteiger partial charge is 0.487 e. The highest BCUT2D eigenvalue weighted by molar-refractivity contribution is 9.11. The van der Waals surface area contributed by atoms with Gasteiger partial charge in [-0.1, -0.05) is 36.4 Å². The Morgan fingerprint density at radius 2 is 1.76 bits per heavy atom. The molecule has 0 bridgehead atoms. The Kier molecular flexibility index (Phi) is 7.36. The number of hydrazone groups is 1. The predicted octanol–water partition coefficient (Wildman–Crippen LogP) is 6.72. The minimum Gasteiger partial charge on any atom is -0.487 e. The molecule has 1 N–H and O–H groups in total. The normalized spacial score (nSPS) is 10.9. The quantitative estimate of drug-likeness (QED) is 0.203. The lowest BCUT2D eigenvalue weighted by Gasteiger charge is -2.12. The number of halogens is 3. The number of nitriles is 1. The van der Waals surface area contributed by atoms with Gasteiger partial charge in [0, 0.05) is 0 Å². The number of nitrogens with zero attached hydrogens (tertiary/aromatic N) is 2. The van der Waals surface area contributed by atoms with Gasteiger partial charge < -0.3 is 4.74 Å². The molecule has 0 radical (unpaired) electrons. The number of benzene rings is 4. The van der Waals surface area contributed by atoms with E-state index in [-0.39, 0.29) is 11.1 Å². The van der Waals surface area contributed by atoms with Gasteiger partial charge >= 0.3 is 0 Å². The smallest absolute Gasteiger partial charge is 0.274 e. The summed E-state index contributed by atoms with van der Waals surface area (Å²) in [6, 6.07) is 23.3. The second-order valence-electron chi connectivity index (χ2n) is 7.29. The van der Waals surface area contributed by atoms with Gasteiger partial charge in [0.15, 0.2) is 0 Å². The summed E-state index contributed by atoms with van der Waals surface area (Å²) in [5.41, 5.74) is 3.94. The fourth-order valence-electron chi connectivity index (χ4n) is 3.27. The maximum atomic E-state index is 14.0. The third-order valence-electron chi connectivity index (χ3n) is 4.94. The van der Waals surface area contributed by atoms with Crippen molar-refractivity contribution in [2.75, 3.05) is 0 Å². The highest BCUT2D eigenvalue weighted by Crippen LogP contribution is 2.35. The number of rotatable bonds is 6. The van der Waals surface area contributed by atoms with Crippen LogP contribution >= 0.6 is 31.9 Å². The van der Waals surface area contributed by atoms with E-state index in [1.165, 1.54) is 23.7 Å². The van der Waals surface area contributed by atoms with Gasteiger partial charge in [0.05, 0.1) is 32.4 Å². The summed E-state index contributed by atoms with van der Waals surface area (Å²) in [5.74, 6) is -0.870.